The molecular weight excluding hydrogens is 374 g/mol. The number of hydrogen-bond acceptors (Lipinski definition) is 4. The number of likely N-dealkylation sites (tertiary alicyclic amines) is 1. The van der Waals surface area contributed by atoms with E-state index in [9.17, 15) is 13.2 Å². The van der Waals surface area contributed by atoms with Crippen molar-refractivity contribution in [3.8, 4) is 0 Å². The van der Waals surface area contributed by atoms with Gasteiger partial charge in [-0.05, 0) is 35.7 Å². The lowest BCUT2D eigenvalue weighted by Crippen LogP contribution is -2.34. The Labute approximate surface area is 166 Å². The first-order valence-electron chi connectivity index (χ1n) is 9.47. The van der Waals surface area contributed by atoms with Crippen LogP contribution in [0.25, 0.3) is 0 Å². The Kier molecular flexibility index (Phi) is 4.89. The number of rotatable bonds is 4. The number of hydrogen-bond donors (Lipinski definition) is 1. The van der Waals surface area contributed by atoms with E-state index in [0.29, 0.717) is 23.1 Å². The molecular formula is C21H25N3O3S. The Morgan fingerprint density at radius 1 is 1.07 bits per heavy atom. The molecule has 148 valence electrons. The van der Waals surface area contributed by atoms with Crippen LogP contribution in [0.2, 0.25) is 0 Å². The number of benzene rings is 2. The number of sulfonamides is 1. The van der Waals surface area contributed by atoms with Crippen LogP contribution in [0.3, 0.4) is 0 Å². The van der Waals surface area contributed by atoms with Gasteiger partial charge in [0.1, 0.15) is 0 Å². The van der Waals surface area contributed by atoms with Gasteiger partial charge in [-0.15, -0.1) is 0 Å². The molecule has 7 heteroatoms. The van der Waals surface area contributed by atoms with Crippen LogP contribution in [0.5, 0.6) is 0 Å². The standard InChI is InChI=1S/C21H25N3O3S/c1-23(28(2,26)27)18-10-8-16(9-11-18)21(25)24-14-17-12-22-13-19(17)20(24)15-6-4-3-5-7-15/h3-11,17,19-20,22H,12-14H2,1-2H3/t17-,19-,20+/m0/s1. The fraction of sp³-hybridized carbons (Fsp3) is 0.381. The number of nitrogens with zero attached hydrogens (tertiary/aromatic N) is 2. The van der Waals surface area contributed by atoms with Gasteiger partial charge in [0, 0.05) is 38.2 Å². The molecule has 0 aromatic heterocycles. The summed E-state index contributed by atoms with van der Waals surface area (Å²) < 4.78 is 24.6. The van der Waals surface area contributed by atoms with E-state index < -0.39 is 10.0 Å². The fourth-order valence-electron chi connectivity index (χ4n) is 4.38. The van der Waals surface area contributed by atoms with E-state index in [2.05, 4.69) is 17.4 Å². The summed E-state index contributed by atoms with van der Waals surface area (Å²) in [6.45, 7) is 2.60. The first kappa shape index (κ1) is 19.0. The highest BCUT2D eigenvalue weighted by atomic mass is 32.2. The molecule has 2 fully saturated rings. The maximum absolute atomic E-state index is 13.3. The smallest absolute Gasteiger partial charge is 0.254 e. The van der Waals surface area contributed by atoms with E-state index in [1.54, 1.807) is 24.3 Å². The minimum Gasteiger partial charge on any atom is -0.331 e. The fourth-order valence-corrected chi connectivity index (χ4v) is 4.88. The Bertz CT molecular complexity index is 960. The summed E-state index contributed by atoms with van der Waals surface area (Å²) in [5.74, 6) is 0.878. The summed E-state index contributed by atoms with van der Waals surface area (Å²) in [5, 5.41) is 3.46. The van der Waals surface area contributed by atoms with Crippen LogP contribution in [0.1, 0.15) is 22.0 Å². The van der Waals surface area contributed by atoms with Gasteiger partial charge in [0.25, 0.3) is 5.91 Å². The van der Waals surface area contributed by atoms with Crippen LogP contribution in [0, 0.1) is 11.8 Å². The Balaban J connectivity index is 1.61. The van der Waals surface area contributed by atoms with Crippen LogP contribution in [-0.4, -0.2) is 52.2 Å². The van der Waals surface area contributed by atoms with Crippen molar-refractivity contribution >= 4 is 21.6 Å². The Hall–Kier alpha value is -2.38. The van der Waals surface area contributed by atoms with Crippen molar-refractivity contribution in [1.29, 1.82) is 0 Å². The molecule has 2 aliphatic rings. The summed E-state index contributed by atoms with van der Waals surface area (Å²) in [6.07, 6.45) is 1.16. The second-order valence-corrected chi connectivity index (χ2v) is 9.69. The number of fused-ring (bicyclic) bond motifs is 1. The average Bonchev–Trinajstić information content (AvgIpc) is 3.28. The van der Waals surface area contributed by atoms with Gasteiger partial charge in [0.2, 0.25) is 10.0 Å². The van der Waals surface area contributed by atoms with Crippen molar-refractivity contribution in [3.05, 3.63) is 65.7 Å². The van der Waals surface area contributed by atoms with Crippen LogP contribution >= 0.6 is 0 Å². The van der Waals surface area contributed by atoms with Crippen molar-refractivity contribution < 1.29 is 13.2 Å². The molecule has 0 saturated carbocycles. The summed E-state index contributed by atoms with van der Waals surface area (Å²) in [6, 6.07) is 17.1. The number of carbonyl (C=O) groups excluding carboxylic acids is 1. The van der Waals surface area contributed by atoms with Crippen molar-refractivity contribution in [2.24, 2.45) is 11.8 Å². The molecule has 2 aromatic rings. The van der Waals surface area contributed by atoms with E-state index in [-0.39, 0.29) is 11.9 Å². The highest BCUT2D eigenvalue weighted by molar-refractivity contribution is 7.92. The number of anilines is 1. The van der Waals surface area contributed by atoms with Gasteiger partial charge in [0.15, 0.2) is 0 Å². The molecule has 1 N–H and O–H groups in total. The molecule has 2 saturated heterocycles. The van der Waals surface area contributed by atoms with E-state index in [4.69, 9.17) is 0 Å². The number of carbonyl (C=O) groups is 1. The van der Waals surface area contributed by atoms with Crippen LogP contribution < -0.4 is 9.62 Å². The molecule has 0 spiro atoms. The lowest BCUT2D eigenvalue weighted by atomic mass is 9.89. The third kappa shape index (κ3) is 3.40. The molecule has 2 aromatic carbocycles. The minimum absolute atomic E-state index is 0.00295. The number of amides is 1. The maximum atomic E-state index is 13.3. The van der Waals surface area contributed by atoms with Crippen LogP contribution in [0.15, 0.2) is 54.6 Å². The SMILES string of the molecule is CN(c1ccc(C(=O)N2C[C@@H]3CNC[C@@H]3[C@H]2c2ccccc2)cc1)S(C)(=O)=O. The van der Waals surface area contributed by atoms with Gasteiger partial charge in [-0.2, -0.15) is 0 Å². The zero-order valence-corrected chi connectivity index (χ0v) is 16.9. The topological polar surface area (TPSA) is 69.7 Å². The molecule has 0 bridgehead atoms. The summed E-state index contributed by atoms with van der Waals surface area (Å²) >= 11 is 0. The summed E-state index contributed by atoms with van der Waals surface area (Å²) in [5.41, 5.74) is 2.29. The second-order valence-electron chi connectivity index (χ2n) is 7.67. The molecule has 0 aliphatic carbocycles. The van der Waals surface area contributed by atoms with E-state index >= 15 is 0 Å². The molecule has 2 aliphatic heterocycles. The molecule has 0 radical (unpaired) electrons. The van der Waals surface area contributed by atoms with Crippen molar-refractivity contribution in [3.63, 3.8) is 0 Å². The quantitative estimate of drug-likeness (QED) is 0.855. The van der Waals surface area contributed by atoms with Crippen molar-refractivity contribution in [1.82, 2.24) is 10.2 Å². The third-order valence-electron chi connectivity index (χ3n) is 5.94. The molecule has 2 heterocycles. The summed E-state index contributed by atoms with van der Waals surface area (Å²) in [4.78, 5) is 15.3. The second kappa shape index (κ2) is 7.22. The molecule has 1 amide bonds. The molecule has 3 atom stereocenters. The van der Waals surface area contributed by atoms with E-state index in [0.717, 1.165) is 25.9 Å². The largest absolute Gasteiger partial charge is 0.331 e. The van der Waals surface area contributed by atoms with E-state index in [1.165, 1.54) is 16.9 Å². The van der Waals surface area contributed by atoms with Gasteiger partial charge < -0.3 is 10.2 Å². The highest BCUT2D eigenvalue weighted by Gasteiger charge is 2.46. The normalized spacial score (nSPS) is 24.2. The van der Waals surface area contributed by atoms with Gasteiger partial charge in [-0.25, -0.2) is 8.42 Å². The van der Waals surface area contributed by atoms with Crippen molar-refractivity contribution in [2.45, 2.75) is 6.04 Å². The van der Waals surface area contributed by atoms with Gasteiger partial charge in [0.05, 0.1) is 18.0 Å². The Morgan fingerprint density at radius 2 is 1.75 bits per heavy atom. The predicted octanol–water partition coefficient (Wildman–Crippen LogP) is 2.12. The molecule has 4 rings (SSSR count). The lowest BCUT2D eigenvalue weighted by molar-refractivity contribution is 0.0714. The average molecular weight is 400 g/mol. The van der Waals surface area contributed by atoms with Crippen LogP contribution in [-0.2, 0) is 10.0 Å². The zero-order valence-electron chi connectivity index (χ0n) is 16.1. The minimum atomic E-state index is -3.33. The third-order valence-corrected chi connectivity index (χ3v) is 7.15. The van der Waals surface area contributed by atoms with Gasteiger partial charge >= 0.3 is 0 Å². The van der Waals surface area contributed by atoms with Crippen molar-refractivity contribution in [2.75, 3.05) is 37.2 Å². The first-order valence-corrected chi connectivity index (χ1v) is 11.3. The summed E-state index contributed by atoms with van der Waals surface area (Å²) in [7, 11) is -1.82. The van der Waals surface area contributed by atoms with E-state index in [1.807, 2.05) is 23.1 Å². The first-order chi connectivity index (χ1) is 13.4. The molecule has 6 nitrogen and oxygen atoms in total. The highest BCUT2D eigenvalue weighted by Crippen LogP contribution is 2.43. The number of nitrogens with one attached hydrogen (secondary N) is 1. The lowest BCUT2D eigenvalue weighted by Gasteiger charge is -2.28. The molecule has 28 heavy (non-hydrogen) atoms. The van der Waals surface area contributed by atoms with Gasteiger partial charge in [-0.3, -0.25) is 9.10 Å². The maximum Gasteiger partial charge on any atom is 0.254 e. The monoisotopic (exact) mass is 399 g/mol. The van der Waals surface area contributed by atoms with Gasteiger partial charge in [-0.1, -0.05) is 30.3 Å². The molecule has 0 unspecified atom stereocenters. The zero-order chi connectivity index (χ0) is 19.9. The van der Waals surface area contributed by atoms with Crippen LogP contribution in [0.4, 0.5) is 5.69 Å². The Morgan fingerprint density at radius 3 is 2.39 bits per heavy atom. The predicted molar refractivity (Wildman–Crippen MR) is 110 cm³/mol.